The number of aromatic nitrogens is 4. The molecule has 0 unspecified atom stereocenters. The fourth-order valence-corrected chi connectivity index (χ4v) is 4.44. The van der Waals surface area contributed by atoms with Gasteiger partial charge in [-0.15, -0.1) is 0 Å². The van der Waals surface area contributed by atoms with Gasteiger partial charge in [-0.1, -0.05) is 19.9 Å². The molecule has 3 aromatic heterocycles. The van der Waals surface area contributed by atoms with E-state index in [9.17, 15) is 9.59 Å². The van der Waals surface area contributed by atoms with Gasteiger partial charge < -0.3 is 14.5 Å². The minimum absolute atomic E-state index is 0.00246. The number of pyridine rings is 1. The summed E-state index contributed by atoms with van der Waals surface area (Å²) in [7, 11) is 1.34. The number of benzene rings is 2. The van der Waals surface area contributed by atoms with E-state index in [2.05, 4.69) is 29.1 Å². The van der Waals surface area contributed by atoms with Crippen LogP contribution < -0.4 is 10.9 Å². The maximum absolute atomic E-state index is 13.8. The lowest BCUT2D eigenvalue weighted by Crippen LogP contribution is -2.24. The molecule has 38 heavy (non-hydrogen) atoms. The first-order valence-electron chi connectivity index (χ1n) is 12.2. The number of oxazole rings is 1. The van der Waals surface area contributed by atoms with Crippen molar-refractivity contribution in [3.8, 4) is 28.3 Å². The molecule has 192 valence electrons. The second kappa shape index (κ2) is 10.3. The van der Waals surface area contributed by atoms with Crippen molar-refractivity contribution in [3.63, 3.8) is 0 Å². The van der Waals surface area contributed by atoms with Crippen LogP contribution in [0.25, 0.3) is 39.2 Å². The molecule has 5 rings (SSSR count). The van der Waals surface area contributed by atoms with Crippen molar-refractivity contribution in [2.45, 2.75) is 26.7 Å². The number of ether oxygens (including phenoxy) is 1. The molecule has 5 aromatic rings. The number of nitrogens with zero attached hydrogens (tertiary/aromatic N) is 4. The summed E-state index contributed by atoms with van der Waals surface area (Å²) in [5.41, 5.74) is 5.45. The molecule has 9 nitrogen and oxygen atoms in total. The first-order valence-corrected chi connectivity index (χ1v) is 12.2. The SMILES string of the molecule is COC(=O)CNc1ccc(C(C)C)c(-n2nc(-c3cc(C)cc(-c4cnco4)c3)c3cccnc3c2=O)c1. The van der Waals surface area contributed by atoms with Gasteiger partial charge in [0, 0.05) is 28.4 Å². The van der Waals surface area contributed by atoms with Gasteiger partial charge in [0.1, 0.15) is 17.8 Å². The average molecular weight is 510 g/mol. The molecule has 1 N–H and O–H groups in total. The second-order valence-corrected chi connectivity index (χ2v) is 9.28. The van der Waals surface area contributed by atoms with Crippen LogP contribution in [0.5, 0.6) is 0 Å². The fourth-order valence-electron chi connectivity index (χ4n) is 4.44. The minimum Gasteiger partial charge on any atom is -0.468 e. The number of methoxy groups -OCH3 is 1. The highest BCUT2D eigenvalue weighted by atomic mass is 16.5. The summed E-state index contributed by atoms with van der Waals surface area (Å²) in [5.74, 6) is 0.347. The Morgan fingerprint density at radius 1 is 1.13 bits per heavy atom. The Morgan fingerprint density at radius 3 is 2.68 bits per heavy atom. The van der Waals surface area contributed by atoms with Crippen LogP contribution >= 0.6 is 0 Å². The number of anilines is 1. The Labute approximate surface area is 219 Å². The molecule has 0 atom stereocenters. The van der Waals surface area contributed by atoms with Crippen LogP contribution in [-0.2, 0) is 9.53 Å². The zero-order valence-electron chi connectivity index (χ0n) is 21.6. The van der Waals surface area contributed by atoms with Gasteiger partial charge in [0.25, 0.3) is 5.56 Å². The number of carbonyl (C=O) groups excluding carboxylic acids is 1. The Balaban J connectivity index is 1.74. The van der Waals surface area contributed by atoms with Crippen LogP contribution in [0.1, 0.15) is 30.9 Å². The van der Waals surface area contributed by atoms with Crippen LogP contribution in [0.15, 0.2) is 76.5 Å². The lowest BCUT2D eigenvalue weighted by atomic mass is 9.99. The van der Waals surface area contributed by atoms with Crippen LogP contribution in [0.4, 0.5) is 5.69 Å². The smallest absolute Gasteiger partial charge is 0.325 e. The predicted molar refractivity (Wildman–Crippen MR) is 145 cm³/mol. The summed E-state index contributed by atoms with van der Waals surface area (Å²) in [6.45, 7) is 6.09. The van der Waals surface area contributed by atoms with Gasteiger partial charge in [-0.25, -0.2) is 4.98 Å². The summed E-state index contributed by atoms with van der Waals surface area (Å²) in [4.78, 5) is 33.9. The van der Waals surface area contributed by atoms with E-state index in [1.165, 1.54) is 18.2 Å². The Hall–Kier alpha value is -4.79. The van der Waals surface area contributed by atoms with Gasteiger partial charge in [-0.3, -0.25) is 14.6 Å². The lowest BCUT2D eigenvalue weighted by Gasteiger charge is -2.18. The molecule has 0 saturated heterocycles. The molecule has 0 spiro atoms. The first kappa shape index (κ1) is 24.9. The Kier molecular flexibility index (Phi) is 6.74. The molecule has 0 fully saturated rings. The molecule has 0 aliphatic carbocycles. The second-order valence-electron chi connectivity index (χ2n) is 9.28. The van der Waals surface area contributed by atoms with E-state index in [1.807, 2.05) is 49.4 Å². The summed E-state index contributed by atoms with van der Waals surface area (Å²) in [6, 6.07) is 15.3. The number of rotatable bonds is 7. The van der Waals surface area contributed by atoms with Gasteiger partial charge >= 0.3 is 5.97 Å². The van der Waals surface area contributed by atoms with Gasteiger partial charge in [0.15, 0.2) is 12.2 Å². The van der Waals surface area contributed by atoms with E-state index in [1.54, 1.807) is 18.5 Å². The summed E-state index contributed by atoms with van der Waals surface area (Å²) in [6.07, 6.45) is 4.66. The number of fused-ring (bicyclic) bond motifs is 1. The highest BCUT2D eigenvalue weighted by Crippen LogP contribution is 2.31. The summed E-state index contributed by atoms with van der Waals surface area (Å²) in [5, 5.41) is 8.60. The van der Waals surface area contributed by atoms with E-state index in [4.69, 9.17) is 14.3 Å². The number of nitrogens with one attached hydrogen (secondary N) is 1. The van der Waals surface area contributed by atoms with Crippen molar-refractivity contribution >= 4 is 22.6 Å². The van der Waals surface area contributed by atoms with Crippen LogP contribution in [0.2, 0.25) is 0 Å². The van der Waals surface area contributed by atoms with Crippen LogP contribution in [0.3, 0.4) is 0 Å². The van der Waals surface area contributed by atoms with E-state index in [0.717, 1.165) is 22.3 Å². The molecular formula is C29H27N5O4. The Morgan fingerprint density at radius 2 is 1.95 bits per heavy atom. The van der Waals surface area contributed by atoms with Gasteiger partial charge in [-0.05, 0) is 66.4 Å². The molecule has 0 radical (unpaired) electrons. The van der Waals surface area contributed by atoms with Crippen molar-refractivity contribution in [2.75, 3.05) is 19.0 Å². The highest BCUT2D eigenvalue weighted by Gasteiger charge is 2.19. The van der Waals surface area contributed by atoms with E-state index >= 15 is 0 Å². The van der Waals surface area contributed by atoms with Crippen molar-refractivity contribution in [3.05, 3.63) is 88.8 Å². The van der Waals surface area contributed by atoms with Gasteiger partial charge in [0.2, 0.25) is 0 Å². The van der Waals surface area contributed by atoms with Crippen molar-refractivity contribution in [1.82, 2.24) is 19.7 Å². The van der Waals surface area contributed by atoms with Crippen molar-refractivity contribution < 1.29 is 13.9 Å². The largest absolute Gasteiger partial charge is 0.468 e. The van der Waals surface area contributed by atoms with E-state index < -0.39 is 5.97 Å². The minimum atomic E-state index is -0.394. The highest BCUT2D eigenvalue weighted by molar-refractivity contribution is 5.92. The molecule has 3 heterocycles. The number of hydrogen-bond donors (Lipinski definition) is 1. The standard InChI is InChI=1S/C29H27N5O4/c1-17(2)22-8-7-21(32-15-26(35)37-4)13-24(22)34-29(36)28-23(6-5-9-31-28)27(33-34)20-11-18(3)10-19(12-20)25-14-30-16-38-25/h5-14,16-17,32H,15H2,1-4H3. The average Bonchev–Trinajstić information content (AvgIpc) is 3.47. The quantitative estimate of drug-likeness (QED) is 0.301. The maximum Gasteiger partial charge on any atom is 0.325 e. The van der Waals surface area contributed by atoms with Crippen LogP contribution in [-0.4, -0.2) is 39.4 Å². The molecular weight excluding hydrogens is 482 g/mol. The zero-order chi connectivity index (χ0) is 26.8. The predicted octanol–water partition coefficient (Wildman–Crippen LogP) is 5.12. The van der Waals surface area contributed by atoms with E-state index in [0.29, 0.717) is 33.7 Å². The first-order chi connectivity index (χ1) is 18.4. The number of esters is 1. The number of aryl methyl sites for hydroxylation is 1. The van der Waals surface area contributed by atoms with Crippen molar-refractivity contribution in [1.29, 1.82) is 0 Å². The molecule has 0 aliphatic heterocycles. The molecule has 0 amide bonds. The fraction of sp³-hybridized carbons (Fsp3) is 0.207. The van der Waals surface area contributed by atoms with E-state index in [-0.39, 0.29) is 18.0 Å². The summed E-state index contributed by atoms with van der Waals surface area (Å²) < 4.78 is 11.7. The van der Waals surface area contributed by atoms with Gasteiger partial charge in [-0.2, -0.15) is 9.78 Å². The third-order valence-corrected chi connectivity index (χ3v) is 6.27. The molecule has 0 saturated carbocycles. The zero-order valence-corrected chi connectivity index (χ0v) is 21.6. The Bertz CT molecular complexity index is 1690. The normalized spacial score (nSPS) is 11.2. The number of carbonyl (C=O) groups is 1. The third-order valence-electron chi connectivity index (χ3n) is 6.27. The lowest BCUT2D eigenvalue weighted by molar-refractivity contribution is -0.138. The molecule has 0 aliphatic rings. The molecule has 9 heteroatoms. The third kappa shape index (κ3) is 4.78. The monoisotopic (exact) mass is 509 g/mol. The summed E-state index contributed by atoms with van der Waals surface area (Å²) >= 11 is 0. The number of hydrogen-bond acceptors (Lipinski definition) is 8. The van der Waals surface area contributed by atoms with Crippen molar-refractivity contribution in [2.24, 2.45) is 0 Å². The van der Waals surface area contributed by atoms with Gasteiger partial charge in [0.05, 0.1) is 19.0 Å². The van der Waals surface area contributed by atoms with Crippen LogP contribution in [0, 0.1) is 6.92 Å². The molecule has 0 bridgehead atoms. The molecule has 2 aromatic carbocycles. The topological polar surface area (TPSA) is 112 Å². The maximum atomic E-state index is 13.8.